The van der Waals surface area contributed by atoms with Gasteiger partial charge >= 0.3 is 0 Å². The molecule has 0 bridgehead atoms. The summed E-state index contributed by atoms with van der Waals surface area (Å²) in [6, 6.07) is 0. The molecule has 1 aliphatic rings. The highest BCUT2D eigenvalue weighted by Gasteiger charge is 2.14. The molecule has 1 heterocycles. The summed E-state index contributed by atoms with van der Waals surface area (Å²) < 4.78 is 4.55. The van der Waals surface area contributed by atoms with Crippen molar-refractivity contribution >= 4 is 18.2 Å². The first kappa shape index (κ1) is 13.8. The molecule has 0 aliphatic carbocycles. The van der Waals surface area contributed by atoms with Gasteiger partial charge in [0.1, 0.15) is 5.60 Å². The van der Waals surface area contributed by atoms with Crippen LogP contribution in [-0.4, -0.2) is 37.2 Å². The fraction of sp³-hybridized carbons (Fsp3) is 0.900. The van der Waals surface area contributed by atoms with E-state index in [1.165, 1.54) is 18.8 Å². The second-order valence-electron chi connectivity index (χ2n) is 4.31. The van der Waals surface area contributed by atoms with Crippen molar-refractivity contribution in [3.05, 3.63) is 0 Å². The van der Waals surface area contributed by atoms with Gasteiger partial charge < -0.3 is 10.1 Å². The van der Waals surface area contributed by atoms with E-state index in [1.54, 1.807) is 0 Å². The second kappa shape index (κ2) is 7.12. The Morgan fingerprint density at radius 1 is 1.50 bits per heavy atom. The summed E-state index contributed by atoms with van der Waals surface area (Å²) in [5, 5.41) is 3.23. The summed E-state index contributed by atoms with van der Waals surface area (Å²) in [5.41, 5.74) is -0.318. The minimum atomic E-state index is -0.318. The lowest BCUT2D eigenvalue weighted by atomic mass is 10.1. The highest BCUT2D eigenvalue weighted by Crippen LogP contribution is 2.08. The van der Waals surface area contributed by atoms with Crippen LogP contribution in [0.1, 0.15) is 20.8 Å². The Bertz CT molecular complexity index is 153. The zero-order valence-electron chi connectivity index (χ0n) is 9.50. The Morgan fingerprint density at radius 3 is 2.14 bits per heavy atom. The smallest absolute Gasteiger partial charge is 0.293 e. The molecule has 1 saturated heterocycles. The number of carbonyl (C=O) groups is 1. The monoisotopic (exact) mass is 219 g/mol. The van der Waals surface area contributed by atoms with Crippen molar-refractivity contribution in [1.82, 2.24) is 5.32 Å². The Hall–Kier alpha value is -0.220. The molecule has 0 aromatic rings. The quantitative estimate of drug-likeness (QED) is 0.731. The van der Waals surface area contributed by atoms with Gasteiger partial charge in [-0.2, -0.15) is 11.8 Å². The van der Waals surface area contributed by atoms with Gasteiger partial charge in [0.15, 0.2) is 0 Å². The van der Waals surface area contributed by atoms with Crippen LogP contribution >= 0.6 is 11.8 Å². The molecule has 1 aliphatic heterocycles. The van der Waals surface area contributed by atoms with Crippen molar-refractivity contribution in [3.8, 4) is 0 Å². The molecule has 0 amide bonds. The maximum absolute atomic E-state index is 9.60. The second-order valence-corrected chi connectivity index (χ2v) is 5.22. The van der Waals surface area contributed by atoms with Crippen molar-refractivity contribution in [3.63, 3.8) is 0 Å². The molecule has 0 saturated carbocycles. The first-order valence-electron chi connectivity index (χ1n) is 4.80. The van der Waals surface area contributed by atoms with E-state index >= 15 is 0 Å². The first-order valence-corrected chi connectivity index (χ1v) is 6.20. The first-order chi connectivity index (χ1) is 6.49. The average molecular weight is 219 g/mol. The van der Waals surface area contributed by atoms with Crippen molar-refractivity contribution in [2.24, 2.45) is 5.92 Å². The number of nitrogens with one attached hydrogen (secondary N) is 1. The van der Waals surface area contributed by atoms with Crippen LogP contribution < -0.4 is 5.32 Å². The molecule has 84 valence electrons. The number of rotatable bonds is 3. The van der Waals surface area contributed by atoms with Gasteiger partial charge in [-0.3, -0.25) is 4.79 Å². The number of ether oxygens (including phenoxy) is 1. The van der Waals surface area contributed by atoms with Crippen molar-refractivity contribution in [1.29, 1.82) is 0 Å². The number of hydrogen-bond acceptors (Lipinski definition) is 4. The van der Waals surface area contributed by atoms with Gasteiger partial charge in [0.25, 0.3) is 6.47 Å². The molecular weight excluding hydrogens is 198 g/mol. The molecule has 1 rings (SSSR count). The van der Waals surface area contributed by atoms with Crippen LogP contribution in [-0.2, 0) is 9.53 Å². The lowest BCUT2D eigenvalue weighted by Gasteiger charge is -2.25. The molecule has 3 nitrogen and oxygen atoms in total. The van der Waals surface area contributed by atoms with Crippen LogP contribution in [0.25, 0.3) is 0 Å². The van der Waals surface area contributed by atoms with E-state index in [4.69, 9.17) is 0 Å². The zero-order chi connectivity index (χ0) is 11.0. The van der Waals surface area contributed by atoms with E-state index in [9.17, 15) is 4.79 Å². The van der Waals surface area contributed by atoms with Gasteiger partial charge in [-0.25, -0.2) is 0 Å². The zero-order valence-corrected chi connectivity index (χ0v) is 10.3. The van der Waals surface area contributed by atoms with E-state index < -0.39 is 0 Å². The Morgan fingerprint density at radius 2 is 2.07 bits per heavy atom. The molecule has 1 N–H and O–H groups in total. The molecule has 14 heavy (non-hydrogen) atoms. The van der Waals surface area contributed by atoms with E-state index in [-0.39, 0.29) is 5.60 Å². The van der Waals surface area contributed by atoms with Gasteiger partial charge in [-0.1, -0.05) is 0 Å². The summed E-state index contributed by atoms with van der Waals surface area (Å²) in [6.07, 6.45) is 2.16. The maximum Gasteiger partial charge on any atom is 0.293 e. The third kappa shape index (κ3) is 8.38. The summed E-state index contributed by atoms with van der Waals surface area (Å²) in [7, 11) is 0. The van der Waals surface area contributed by atoms with Gasteiger partial charge in [0.2, 0.25) is 0 Å². The lowest BCUT2D eigenvalue weighted by Crippen LogP contribution is -2.43. The van der Waals surface area contributed by atoms with Crippen molar-refractivity contribution < 1.29 is 9.53 Å². The third-order valence-electron chi connectivity index (χ3n) is 1.67. The normalized spacial score (nSPS) is 16.3. The standard InChI is InChI=1S/C5H11NS.C5H10O2/c1-7-4-5-2-6-3-5;1-5(2,3)7-4-6/h5-6H,2-4H2,1H3;4H,1-3H3. The SMILES string of the molecule is CC(C)(C)OC=O.CSCC1CNC1. The Kier molecular flexibility index (Phi) is 7.01. The van der Waals surface area contributed by atoms with Crippen molar-refractivity contribution in [2.45, 2.75) is 26.4 Å². The fourth-order valence-electron chi connectivity index (χ4n) is 0.846. The number of thioether (sulfide) groups is 1. The minimum Gasteiger partial charge on any atom is -0.462 e. The third-order valence-corrected chi connectivity index (χ3v) is 2.47. The molecular formula is C10H21NO2S. The fourth-order valence-corrected chi connectivity index (χ4v) is 1.55. The van der Waals surface area contributed by atoms with Crippen LogP contribution in [0.2, 0.25) is 0 Å². The van der Waals surface area contributed by atoms with E-state index in [0.717, 1.165) is 5.92 Å². The van der Waals surface area contributed by atoms with Crippen LogP contribution in [0.5, 0.6) is 0 Å². The summed E-state index contributed by atoms with van der Waals surface area (Å²) in [6.45, 7) is 8.42. The molecule has 0 aromatic carbocycles. The largest absolute Gasteiger partial charge is 0.462 e. The highest BCUT2D eigenvalue weighted by molar-refractivity contribution is 7.98. The Labute approximate surface area is 91.0 Å². The molecule has 4 heteroatoms. The molecule has 0 radical (unpaired) electrons. The predicted molar refractivity (Wildman–Crippen MR) is 61.6 cm³/mol. The van der Waals surface area contributed by atoms with Crippen LogP contribution in [0.4, 0.5) is 0 Å². The molecule has 0 atom stereocenters. The van der Waals surface area contributed by atoms with Crippen LogP contribution in [0.3, 0.4) is 0 Å². The molecule has 1 fully saturated rings. The van der Waals surface area contributed by atoms with Crippen molar-refractivity contribution in [2.75, 3.05) is 25.1 Å². The van der Waals surface area contributed by atoms with Crippen LogP contribution in [0, 0.1) is 5.92 Å². The number of hydrogen-bond donors (Lipinski definition) is 1. The van der Waals surface area contributed by atoms with Gasteiger partial charge in [-0.15, -0.1) is 0 Å². The van der Waals surface area contributed by atoms with E-state index in [0.29, 0.717) is 6.47 Å². The molecule has 0 aromatic heterocycles. The summed E-state index contributed by atoms with van der Waals surface area (Å²) in [5.74, 6) is 2.32. The van der Waals surface area contributed by atoms with Gasteiger partial charge in [0.05, 0.1) is 0 Å². The minimum absolute atomic E-state index is 0.318. The summed E-state index contributed by atoms with van der Waals surface area (Å²) >= 11 is 1.95. The molecule has 0 spiro atoms. The van der Waals surface area contributed by atoms with Crippen LogP contribution in [0.15, 0.2) is 0 Å². The number of carbonyl (C=O) groups excluding carboxylic acids is 1. The predicted octanol–water partition coefficient (Wildman–Crippen LogP) is 1.53. The van der Waals surface area contributed by atoms with E-state index in [2.05, 4.69) is 16.3 Å². The molecule has 0 unspecified atom stereocenters. The van der Waals surface area contributed by atoms with E-state index in [1.807, 2.05) is 32.5 Å². The lowest BCUT2D eigenvalue weighted by molar-refractivity contribution is -0.138. The topological polar surface area (TPSA) is 38.3 Å². The Balaban J connectivity index is 0.000000241. The van der Waals surface area contributed by atoms with Gasteiger partial charge in [0, 0.05) is 0 Å². The maximum atomic E-state index is 9.60. The summed E-state index contributed by atoms with van der Waals surface area (Å²) in [4.78, 5) is 9.60. The highest BCUT2D eigenvalue weighted by atomic mass is 32.2. The average Bonchev–Trinajstić information content (AvgIpc) is 1.95. The van der Waals surface area contributed by atoms with Gasteiger partial charge in [-0.05, 0) is 51.8 Å².